The quantitative estimate of drug-likeness (QED) is 0.384. The van der Waals surface area contributed by atoms with Gasteiger partial charge in [-0.25, -0.2) is 4.90 Å². The molecule has 9 heteroatoms. The lowest BCUT2D eigenvalue weighted by Gasteiger charge is -2.15. The van der Waals surface area contributed by atoms with E-state index in [0.29, 0.717) is 16.8 Å². The summed E-state index contributed by atoms with van der Waals surface area (Å²) >= 11 is 0. The zero-order valence-corrected chi connectivity index (χ0v) is 16.2. The normalized spacial score (nSPS) is 12.5. The molecule has 154 valence electrons. The number of methoxy groups -OCH3 is 1. The van der Waals surface area contributed by atoms with Crippen LogP contribution in [0.3, 0.4) is 0 Å². The molecule has 0 fully saturated rings. The molecule has 0 atom stereocenters. The molecule has 3 aromatic carbocycles. The van der Waals surface area contributed by atoms with Gasteiger partial charge in [-0.2, -0.15) is 0 Å². The Bertz CT molecular complexity index is 1220. The molecule has 0 aromatic heterocycles. The van der Waals surface area contributed by atoms with Crippen LogP contribution >= 0.6 is 0 Å². The first-order chi connectivity index (χ1) is 14.9. The highest BCUT2D eigenvalue weighted by Gasteiger charge is 2.36. The molecule has 9 nitrogen and oxygen atoms in total. The fourth-order valence-corrected chi connectivity index (χ4v) is 3.33. The van der Waals surface area contributed by atoms with Crippen LogP contribution in [0.15, 0.2) is 66.7 Å². The van der Waals surface area contributed by atoms with Crippen molar-refractivity contribution in [2.45, 2.75) is 0 Å². The van der Waals surface area contributed by atoms with Gasteiger partial charge < -0.3 is 10.1 Å². The Balaban J connectivity index is 1.63. The smallest absolute Gasteiger partial charge is 0.270 e. The molecule has 0 bridgehead atoms. The fraction of sp³-hybridized carbons (Fsp3) is 0.0455. The van der Waals surface area contributed by atoms with Crippen molar-refractivity contribution < 1.29 is 24.0 Å². The van der Waals surface area contributed by atoms with E-state index in [1.54, 1.807) is 42.5 Å². The van der Waals surface area contributed by atoms with Crippen molar-refractivity contribution in [3.63, 3.8) is 0 Å². The number of anilines is 2. The van der Waals surface area contributed by atoms with Crippen LogP contribution in [-0.4, -0.2) is 29.8 Å². The highest BCUT2D eigenvalue weighted by atomic mass is 16.6. The number of nitrogens with zero attached hydrogens (tertiary/aromatic N) is 2. The number of rotatable bonds is 5. The van der Waals surface area contributed by atoms with Gasteiger partial charge in [0.05, 0.1) is 34.4 Å². The van der Waals surface area contributed by atoms with E-state index in [2.05, 4.69) is 5.32 Å². The zero-order valence-electron chi connectivity index (χ0n) is 16.2. The second-order valence-corrected chi connectivity index (χ2v) is 6.64. The van der Waals surface area contributed by atoms with Crippen LogP contribution in [0, 0.1) is 10.1 Å². The van der Waals surface area contributed by atoms with E-state index < -0.39 is 22.6 Å². The van der Waals surface area contributed by atoms with Crippen LogP contribution in [-0.2, 0) is 0 Å². The van der Waals surface area contributed by atoms with Gasteiger partial charge >= 0.3 is 0 Å². The Morgan fingerprint density at radius 2 is 1.65 bits per heavy atom. The lowest BCUT2D eigenvalue weighted by Crippen LogP contribution is -2.29. The molecule has 0 unspecified atom stereocenters. The molecule has 3 aromatic rings. The van der Waals surface area contributed by atoms with Crippen LogP contribution in [0.25, 0.3) is 0 Å². The van der Waals surface area contributed by atoms with Gasteiger partial charge in [-0.1, -0.05) is 18.2 Å². The number of hydrogen-bond acceptors (Lipinski definition) is 6. The summed E-state index contributed by atoms with van der Waals surface area (Å²) in [6, 6.07) is 16.4. The molecule has 1 aliphatic rings. The SMILES string of the molecule is COc1ccc([N+](=O)[O-])cc1C(=O)Nc1cccc(N2C(=O)c3ccccc3C2=O)c1. The molecule has 31 heavy (non-hydrogen) atoms. The summed E-state index contributed by atoms with van der Waals surface area (Å²) in [6.07, 6.45) is 0. The van der Waals surface area contributed by atoms with E-state index in [1.165, 1.54) is 25.3 Å². The number of carbonyl (C=O) groups is 3. The standard InChI is InChI=1S/C22H15N3O6/c1-31-19-10-9-15(25(29)30)12-18(19)20(26)23-13-5-4-6-14(11-13)24-21(27)16-7-2-3-8-17(16)22(24)28/h2-12H,1H3,(H,23,26). The second kappa shape index (κ2) is 7.71. The molecule has 0 spiro atoms. The number of ether oxygens (including phenoxy) is 1. The minimum atomic E-state index is -0.639. The van der Waals surface area contributed by atoms with Crippen molar-refractivity contribution in [1.82, 2.24) is 0 Å². The molecular formula is C22H15N3O6. The van der Waals surface area contributed by atoms with Gasteiger partial charge in [0, 0.05) is 17.8 Å². The van der Waals surface area contributed by atoms with E-state index in [0.717, 1.165) is 11.0 Å². The number of nitro benzene ring substituents is 1. The minimum Gasteiger partial charge on any atom is -0.496 e. The summed E-state index contributed by atoms with van der Waals surface area (Å²) in [7, 11) is 1.35. The van der Waals surface area contributed by atoms with Crippen LogP contribution in [0.4, 0.5) is 17.1 Å². The summed E-state index contributed by atoms with van der Waals surface area (Å²) in [4.78, 5) is 49.6. The molecule has 3 amide bonds. The summed E-state index contributed by atoms with van der Waals surface area (Å²) in [6.45, 7) is 0. The van der Waals surface area contributed by atoms with Crippen LogP contribution in [0.2, 0.25) is 0 Å². The van der Waals surface area contributed by atoms with Crippen molar-refractivity contribution in [3.8, 4) is 5.75 Å². The van der Waals surface area contributed by atoms with E-state index in [-0.39, 0.29) is 22.7 Å². The lowest BCUT2D eigenvalue weighted by atomic mass is 10.1. The van der Waals surface area contributed by atoms with Gasteiger partial charge in [-0.15, -0.1) is 0 Å². The third-order valence-electron chi connectivity index (χ3n) is 4.79. The molecular weight excluding hydrogens is 402 g/mol. The number of benzene rings is 3. The lowest BCUT2D eigenvalue weighted by molar-refractivity contribution is -0.384. The van der Waals surface area contributed by atoms with Crippen molar-refractivity contribution in [2.75, 3.05) is 17.3 Å². The monoisotopic (exact) mass is 417 g/mol. The fourth-order valence-electron chi connectivity index (χ4n) is 3.33. The predicted molar refractivity (Wildman–Crippen MR) is 112 cm³/mol. The van der Waals surface area contributed by atoms with Gasteiger partial charge in [0.25, 0.3) is 23.4 Å². The van der Waals surface area contributed by atoms with Crippen molar-refractivity contribution in [1.29, 1.82) is 0 Å². The number of amides is 3. The Kier molecular flexibility index (Phi) is 4.92. The Morgan fingerprint density at radius 3 is 2.26 bits per heavy atom. The summed E-state index contributed by atoms with van der Waals surface area (Å²) in [5, 5.41) is 13.7. The largest absolute Gasteiger partial charge is 0.496 e. The summed E-state index contributed by atoms with van der Waals surface area (Å²) < 4.78 is 5.13. The topological polar surface area (TPSA) is 119 Å². The number of nitrogens with one attached hydrogen (secondary N) is 1. The Morgan fingerprint density at radius 1 is 0.968 bits per heavy atom. The van der Waals surface area contributed by atoms with E-state index in [4.69, 9.17) is 4.74 Å². The average molecular weight is 417 g/mol. The molecule has 0 radical (unpaired) electrons. The van der Waals surface area contributed by atoms with Crippen molar-refractivity contribution in [3.05, 3.63) is 93.5 Å². The highest BCUT2D eigenvalue weighted by Crippen LogP contribution is 2.30. The summed E-state index contributed by atoms with van der Waals surface area (Å²) in [5.41, 5.74) is 0.919. The molecule has 1 N–H and O–H groups in total. The van der Waals surface area contributed by atoms with Gasteiger partial charge in [-0.3, -0.25) is 24.5 Å². The maximum absolute atomic E-state index is 12.7. The highest BCUT2D eigenvalue weighted by molar-refractivity contribution is 6.34. The third-order valence-corrected chi connectivity index (χ3v) is 4.79. The van der Waals surface area contributed by atoms with E-state index in [1.807, 2.05) is 0 Å². The number of nitro groups is 1. The van der Waals surface area contributed by atoms with Gasteiger partial charge in [0.2, 0.25) is 0 Å². The second-order valence-electron chi connectivity index (χ2n) is 6.64. The molecule has 0 saturated heterocycles. The predicted octanol–water partition coefficient (Wildman–Crippen LogP) is 3.66. The first-order valence-electron chi connectivity index (χ1n) is 9.12. The molecule has 0 saturated carbocycles. The molecule has 1 aliphatic heterocycles. The third kappa shape index (κ3) is 3.48. The molecule has 4 rings (SSSR count). The Labute approximate surface area is 176 Å². The van der Waals surface area contributed by atoms with E-state index >= 15 is 0 Å². The molecule has 0 aliphatic carbocycles. The van der Waals surface area contributed by atoms with Crippen molar-refractivity contribution in [2.24, 2.45) is 0 Å². The number of fused-ring (bicyclic) bond motifs is 1. The molecule has 1 heterocycles. The number of imide groups is 1. The number of hydrogen-bond donors (Lipinski definition) is 1. The maximum Gasteiger partial charge on any atom is 0.270 e. The summed E-state index contributed by atoms with van der Waals surface area (Å²) in [5.74, 6) is -1.38. The minimum absolute atomic E-state index is 0.0252. The van der Waals surface area contributed by atoms with Crippen LogP contribution in [0.1, 0.15) is 31.1 Å². The van der Waals surface area contributed by atoms with Crippen LogP contribution in [0.5, 0.6) is 5.75 Å². The van der Waals surface area contributed by atoms with Crippen LogP contribution < -0.4 is 15.0 Å². The van der Waals surface area contributed by atoms with Gasteiger partial charge in [0.1, 0.15) is 5.75 Å². The Hall–Kier alpha value is -4.53. The average Bonchev–Trinajstić information content (AvgIpc) is 3.03. The number of carbonyl (C=O) groups excluding carboxylic acids is 3. The van der Waals surface area contributed by atoms with Gasteiger partial charge in [0.15, 0.2) is 0 Å². The van der Waals surface area contributed by atoms with Crippen molar-refractivity contribution >= 4 is 34.8 Å². The number of non-ortho nitro benzene ring substituents is 1. The zero-order chi connectivity index (χ0) is 22.1. The first kappa shape index (κ1) is 19.8. The van der Waals surface area contributed by atoms with E-state index in [9.17, 15) is 24.5 Å². The van der Waals surface area contributed by atoms with Gasteiger partial charge in [-0.05, 0) is 36.4 Å². The first-order valence-corrected chi connectivity index (χ1v) is 9.12. The maximum atomic E-state index is 12.7.